The van der Waals surface area contributed by atoms with Crippen LogP contribution in [0.1, 0.15) is 81.1 Å². The molecule has 0 aliphatic heterocycles. The van der Waals surface area contributed by atoms with Crippen molar-refractivity contribution < 1.29 is 33.4 Å². The van der Waals surface area contributed by atoms with Crippen LogP contribution in [0.4, 0.5) is 4.79 Å². The molecule has 4 N–H and O–H groups in total. The van der Waals surface area contributed by atoms with Gasteiger partial charge in [0.15, 0.2) is 0 Å². The van der Waals surface area contributed by atoms with Gasteiger partial charge in [-0.25, -0.2) is 4.79 Å². The second-order valence-electron chi connectivity index (χ2n) is 8.94. The van der Waals surface area contributed by atoms with E-state index in [4.69, 9.17) is 23.8 Å². The zero-order valence-electron chi connectivity index (χ0n) is 20.7. The van der Waals surface area contributed by atoms with Gasteiger partial charge in [0.05, 0.1) is 24.3 Å². The summed E-state index contributed by atoms with van der Waals surface area (Å²) in [5.41, 5.74) is -0.873. The molecule has 0 aromatic carbocycles. The molecule has 0 radical (unpaired) electrons. The summed E-state index contributed by atoms with van der Waals surface area (Å²) in [6.45, 7) is 15.4. The number of carbonyl (C=O) groups is 2. The Morgan fingerprint density at radius 2 is 1.59 bits per heavy atom. The quantitative estimate of drug-likeness (QED) is 0.307. The first-order chi connectivity index (χ1) is 14.7. The van der Waals surface area contributed by atoms with E-state index in [9.17, 15) is 9.59 Å². The van der Waals surface area contributed by atoms with Crippen molar-refractivity contribution in [3.05, 3.63) is 12.2 Å². The molecule has 0 fully saturated rings. The lowest BCUT2D eigenvalue weighted by Gasteiger charge is -2.48. The Hall–Kier alpha value is -1.54. The largest absolute Gasteiger partial charge is 0.692 e. The first-order valence-corrected chi connectivity index (χ1v) is 12.4. The molecular formula is C22H42N2O7P+. The van der Waals surface area contributed by atoms with Crippen molar-refractivity contribution in [1.82, 2.24) is 10.6 Å². The molecule has 32 heavy (non-hydrogen) atoms. The van der Waals surface area contributed by atoms with E-state index in [0.717, 1.165) is 25.7 Å². The lowest BCUT2D eigenvalue weighted by molar-refractivity contribution is -0.122. The molecular weight excluding hydrogens is 435 g/mol. The second kappa shape index (κ2) is 13.9. The van der Waals surface area contributed by atoms with Gasteiger partial charge in [-0.1, -0.05) is 39.8 Å². The van der Waals surface area contributed by atoms with Crippen molar-refractivity contribution >= 4 is 20.3 Å². The van der Waals surface area contributed by atoms with Gasteiger partial charge in [-0.05, 0) is 46.5 Å². The molecule has 0 aromatic rings. The van der Waals surface area contributed by atoms with Gasteiger partial charge < -0.3 is 20.1 Å². The third-order valence-electron chi connectivity index (χ3n) is 5.57. The zero-order chi connectivity index (χ0) is 25.1. The monoisotopic (exact) mass is 477 g/mol. The van der Waals surface area contributed by atoms with Gasteiger partial charge in [-0.15, -0.1) is 9.79 Å². The number of hydrogen-bond donors (Lipinski definition) is 4. The van der Waals surface area contributed by atoms with Crippen LogP contribution in [-0.2, 0) is 18.8 Å². The van der Waals surface area contributed by atoms with Crippen molar-refractivity contribution in [2.75, 3.05) is 0 Å². The van der Waals surface area contributed by atoms with Crippen molar-refractivity contribution in [1.29, 1.82) is 0 Å². The standard InChI is InChI=1S/C22H40N2O4.HO3P/c1-9-16(10-2)27-17-13-14-22(11-3,12-4)19(18(17)23-15(5)25)24-20(26)28-21(6,7)8;1-4(2)3/h13-14,16-19H,9-12H2,1-8H3,(H,23,25)(H,24,26);(H-,1,2,3)/p+1/t17-,18+,19-;/m1./s1. The molecule has 0 heterocycles. The predicted octanol–water partition coefficient (Wildman–Crippen LogP) is 3.96. The minimum absolute atomic E-state index is 0.101. The van der Waals surface area contributed by atoms with Crippen LogP contribution in [0.15, 0.2) is 12.2 Å². The van der Waals surface area contributed by atoms with Gasteiger partial charge in [0, 0.05) is 16.9 Å². The van der Waals surface area contributed by atoms with Gasteiger partial charge >= 0.3 is 14.3 Å². The fraction of sp³-hybridized carbons (Fsp3) is 0.818. The summed E-state index contributed by atoms with van der Waals surface area (Å²) in [5, 5.41) is 6.10. The number of ether oxygens (including phenoxy) is 2. The molecule has 0 spiro atoms. The predicted molar refractivity (Wildman–Crippen MR) is 124 cm³/mol. The topological polar surface area (TPSA) is 134 Å². The Bertz CT molecular complexity index is 637. The summed E-state index contributed by atoms with van der Waals surface area (Å²) in [6, 6.07) is -0.693. The SMILES string of the molecule is CCC(CC)O[C@@H]1C=CC(CC)(CC)[C@H](NC(=O)OC(C)(C)C)[C@H]1NC(C)=O.O=[P+](O)O. The first kappa shape index (κ1) is 30.5. The van der Waals surface area contributed by atoms with E-state index in [2.05, 4.69) is 50.5 Å². The Balaban J connectivity index is 0.00000220. The van der Waals surface area contributed by atoms with Gasteiger partial charge in [-0.2, -0.15) is 0 Å². The summed E-state index contributed by atoms with van der Waals surface area (Å²) in [5.74, 6) is -0.143. The van der Waals surface area contributed by atoms with E-state index in [1.807, 2.05) is 20.8 Å². The molecule has 1 aliphatic carbocycles. The number of nitrogens with one attached hydrogen (secondary N) is 2. The summed E-state index contributed by atoms with van der Waals surface area (Å²) in [7, 11) is -2.87. The van der Waals surface area contributed by atoms with Crippen molar-refractivity contribution in [2.24, 2.45) is 5.41 Å². The molecule has 1 aliphatic rings. The second-order valence-corrected chi connectivity index (χ2v) is 9.45. The number of alkyl carbamates (subject to hydrolysis) is 1. The lowest BCUT2D eigenvalue weighted by atomic mass is 9.68. The van der Waals surface area contributed by atoms with E-state index >= 15 is 0 Å². The third kappa shape index (κ3) is 10.4. The van der Waals surface area contributed by atoms with E-state index in [-0.39, 0.29) is 35.6 Å². The summed E-state index contributed by atoms with van der Waals surface area (Å²) in [6.07, 6.45) is 6.97. The molecule has 0 bridgehead atoms. The van der Waals surface area contributed by atoms with Crippen LogP contribution in [-0.4, -0.2) is 51.7 Å². The molecule has 3 atom stereocenters. The Morgan fingerprint density at radius 3 is 1.97 bits per heavy atom. The van der Waals surface area contributed by atoms with Crippen LogP contribution in [0, 0.1) is 5.41 Å². The fourth-order valence-electron chi connectivity index (χ4n) is 3.88. The average molecular weight is 478 g/mol. The van der Waals surface area contributed by atoms with Crippen LogP contribution < -0.4 is 10.6 Å². The summed E-state index contributed by atoms with van der Waals surface area (Å²) < 4.78 is 20.5. The maximum Gasteiger partial charge on any atom is 0.692 e. The number of carbonyl (C=O) groups excluding carboxylic acids is 2. The molecule has 186 valence electrons. The van der Waals surface area contributed by atoms with E-state index in [0.29, 0.717) is 0 Å². The van der Waals surface area contributed by atoms with Crippen LogP contribution in [0.5, 0.6) is 0 Å². The molecule has 0 aromatic heterocycles. The van der Waals surface area contributed by atoms with Gasteiger partial charge in [0.1, 0.15) is 5.60 Å². The maximum atomic E-state index is 12.6. The molecule has 2 amide bonds. The molecule has 1 rings (SSSR count). The van der Waals surface area contributed by atoms with Gasteiger partial charge in [0.2, 0.25) is 5.91 Å². The minimum Gasteiger partial charge on any atom is -0.444 e. The van der Waals surface area contributed by atoms with Crippen molar-refractivity contribution in [3.8, 4) is 0 Å². The number of hydrogen-bond acceptors (Lipinski definition) is 5. The molecule has 0 unspecified atom stereocenters. The normalized spacial score (nSPS) is 21.9. The highest BCUT2D eigenvalue weighted by Gasteiger charge is 2.47. The van der Waals surface area contributed by atoms with Gasteiger partial charge in [0.25, 0.3) is 0 Å². The first-order valence-electron chi connectivity index (χ1n) is 11.2. The highest BCUT2D eigenvalue weighted by molar-refractivity contribution is 7.30. The summed E-state index contributed by atoms with van der Waals surface area (Å²) in [4.78, 5) is 38.8. The zero-order valence-corrected chi connectivity index (χ0v) is 21.6. The Kier molecular flexibility index (Phi) is 13.2. The highest BCUT2D eigenvalue weighted by Crippen LogP contribution is 2.39. The Labute approximate surface area is 193 Å². The van der Waals surface area contributed by atoms with Crippen molar-refractivity contribution in [3.63, 3.8) is 0 Å². The van der Waals surface area contributed by atoms with Crippen LogP contribution in [0.3, 0.4) is 0 Å². The Morgan fingerprint density at radius 1 is 1.09 bits per heavy atom. The molecule has 0 saturated carbocycles. The molecule has 10 heteroatoms. The fourth-order valence-corrected chi connectivity index (χ4v) is 3.88. The molecule has 9 nitrogen and oxygen atoms in total. The van der Waals surface area contributed by atoms with E-state index in [1.54, 1.807) is 0 Å². The van der Waals surface area contributed by atoms with Crippen LogP contribution >= 0.6 is 8.25 Å². The lowest BCUT2D eigenvalue weighted by Crippen LogP contribution is -2.65. The van der Waals surface area contributed by atoms with E-state index in [1.165, 1.54) is 6.92 Å². The third-order valence-corrected chi connectivity index (χ3v) is 5.57. The van der Waals surface area contributed by atoms with Crippen LogP contribution in [0.2, 0.25) is 0 Å². The number of amides is 2. The maximum absolute atomic E-state index is 12.6. The van der Waals surface area contributed by atoms with E-state index < -0.39 is 19.9 Å². The number of rotatable bonds is 8. The smallest absolute Gasteiger partial charge is 0.444 e. The summed E-state index contributed by atoms with van der Waals surface area (Å²) >= 11 is 0. The average Bonchev–Trinajstić information content (AvgIpc) is 2.66. The van der Waals surface area contributed by atoms with Gasteiger partial charge in [-0.3, -0.25) is 4.79 Å². The van der Waals surface area contributed by atoms with Crippen molar-refractivity contribution in [2.45, 2.75) is 111 Å². The minimum atomic E-state index is -2.87. The highest BCUT2D eigenvalue weighted by atomic mass is 31.1. The van der Waals surface area contributed by atoms with Crippen LogP contribution in [0.25, 0.3) is 0 Å². The molecule has 0 saturated heterocycles.